The van der Waals surface area contributed by atoms with Gasteiger partial charge in [0.2, 0.25) is 5.91 Å². The number of nitriles is 1. The molecule has 0 aromatic heterocycles. The van der Waals surface area contributed by atoms with E-state index in [1.165, 1.54) is 0 Å². The van der Waals surface area contributed by atoms with Crippen LogP contribution in [0.1, 0.15) is 12.0 Å². The Morgan fingerprint density at radius 3 is 2.59 bits per heavy atom. The Morgan fingerprint density at radius 2 is 2.12 bits per heavy atom. The number of phenolic OH excluding ortho intramolecular Hbond substituents is 1. The minimum absolute atomic E-state index is 0.00394. The Balaban J connectivity index is 2.91. The van der Waals surface area contributed by atoms with Crippen LogP contribution >= 0.6 is 0 Å². The van der Waals surface area contributed by atoms with Crippen LogP contribution < -0.4 is 5.32 Å². The van der Waals surface area contributed by atoms with Crippen LogP contribution in [-0.4, -0.2) is 11.0 Å². The van der Waals surface area contributed by atoms with Crippen LogP contribution in [0.5, 0.6) is 5.75 Å². The summed E-state index contributed by atoms with van der Waals surface area (Å²) in [6.07, 6.45) is -5.07. The van der Waals surface area contributed by atoms with Crippen LogP contribution in [-0.2, 0) is 11.0 Å². The maximum Gasteiger partial charge on any atom is 0.419 e. The second-order valence-electron chi connectivity index (χ2n) is 3.11. The number of nitrogens with one attached hydrogen (secondary N) is 1. The van der Waals surface area contributed by atoms with Gasteiger partial charge in [-0.05, 0) is 12.1 Å². The number of hydrogen-bond donors (Lipinski definition) is 2. The van der Waals surface area contributed by atoms with E-state index in [1.54, 1.807) is 6.07 Å². The number of anilines is 1. The van der Waals surface area contributed by atoms with Crippen LogP contribution in [0.25, 0.3) is 0 Å². The van der Waals surface area contributed by atoms with Crippen molar-refractivity contribution in [3.05, 3.63) is 23.8 Å². The highest BCUT2D eigenvalue weighted by Gasteiger charge is 2.33. The molecule has 0 unspecified atom stereocenters. The molecule has 4 nitrogen and oxygen atoms in total. The minimum Gasteiger partial charge on any atom is -0.507 e. The van der Waals surface area contributed by atoms with Crippen LogP contribution in [0.3, 0.4) is 0 Å². The van der Waals surface area contributed by atoms with E-state index in [0.717, 1.165) is 12.1 Å². The Kier molecular flexibility index (Phi) is 3.58. The van der Waals surface area contributed by atoms with E-state index in [4.69, 9.17) is 10.4 Å². The standard InChI is InChI=1S/C10H7F3N2O2/c11-10(12,13)7-2-1-6(5-8(7)16)15-9(17)3-4-14/h1-2,5,16H,3H2,(H,15,17). The van der Waals surface area contributed by atoms with Gasteiger partial charge in [0.25, 0.3) is 0 Å². The summed E-state index contributed by atoms with van der Waals surface area (Å²) in [6, 6.07) is 4.01. The number of carbonyl (C=O) groups excluding carboxylic acids is 1. The zero-order chi connectivity index (χ0) is 13.1. The number of aromatic hydroxyl groups is 1. The van der Waals surface area contributed by atoms with Crippen molar-refractivity contribution in [2.24, 2.45) is 0 Å². The molecule has 0 spiro atoms. The molecule has 1 amide bonds. The van der Waals surface area contributed by atoms with Crippen molar-refractivity contribution in [1.29, 1.82) is 5.26 Å². The van der Waals surface area contributed by atoms with Gasteiger partial charge in [-0.3, -0.25) is 4.79 Å². The predicted molar refractivity (Wildman–Crippen MR) is 52.0 cm³/mol. The first-order chi connectivity index (χ1) is 7.84. The molecule has 1 rings (SSSR count). The lowest BCUT2D eigenvalue weighted by Crippen LogP contribution is -2.11. The third-order valence-corrected chi connectivity index (χ3v) is 1.83. The normalized spacial score (nSPS) is 10.7. The second-order valence-corrected chi connectivity index (χ2v) is 3.11. The molecule has 0 atom stereocenters. The van der Waals surface area contributed by atoms with Crippen molar-refractivity contribution in [2.75, 3.05) is 5.32 Å². The highest BCUT2D eigenvalue weighted by Crippen LogP contribution is 2.36. The molecule has 0 saturated heterocycles. The van der Waals surface area contributed by atoms with Gasteiger partial charge in [0.1, 0.15) is 12.2 Å². The number of benzene rings is 1. The number of carbonyl (C=O) groups is 1. The van der Waals surface area contributed by atoms with Crippen molar-refractivity contribution in [1.82, 2.24) is 0 Å². The zero-order valence-corrected chi connectivity index (χ0v) is 8.38. The summed E-state index contributed by atoms with van der Waals surface area (Å²) >= 11 is 0. The average molecular weight is 244 g/mol. The number of alkyl halides is 3. The van der Waals surface area contributed by atoms with Crippen LogP contribution in [0.4, 0.5) is 18.9 Å². The van der Waals surface area contributed by atoms with Gasteiger partial charge in [-0.2, -0.15) is 18.4 Å². The van der Waals surface area contributed by atoms with Crippen molar-refractivity contribution in [3.63, 3.8) is 0 Å². The Hall–Kier alpha value is -2.23. The van der Waals surface area contributed by atoms with E-state index in [1.807, 2.05) is 0 Å². The summed E-state index contributed by atoms with van der Waals surface area (Å²) in [5.74, 6) is -1.64. The van der Waals surface area contributed by atoms with Gasteiger partial charge in [-0.1, -0.05) is 0 Å². The molecule has 0 aliphatic carbocycles. The fraction of sp³-hybridized carbons (Fsp3) is 0.200. The van der Waals surface area contributed by atoms with Gasteiger partial charge >= 0.3 is 6.18 Å². The SMILES string of the molecule is N#CCC(=O)Nc1ccc(C(F)(F)F)c(O)c1. The molecular formula is C10H7F3N2O2. The number of hydrogen-bond acceptors (Lipinski definition) is 3. The molecule has 0 fully saturated rings. The molecule has 1 aromatic carbocycles. The van der Waals surface area contributed by atoms with E-state index >= 15 is 0 Å². The number of halogens is 3. The second kappa shape index (κ2) is 4.74. The summed E-state index contributed by atoms with van der Waals surface area (Å²) in [4.78, 5) is 11.0. The third kappa shape index (κ3) is 3.38. The molecule has 1 aromatic rings. The lowest BCUT2D eigenvalue weighted by Gasteiger charge is -2.10. The van der Waals surface area contributed by atoms with Gasteiger partial charge < -0.3 is 10.4 Å². The number of amides is 1. The summed E-state index contributed by atoms with van der Waals surface area (Å²) in [6.45, 7) is 0. The highest BCUT2D eigenvalue weighted by molar-refractivity contribution is 5.92. The topological polar surface area (TPSA) is 73.1 Å². The fourth-order valence-electron chi connectivity index (χ4n) is 1.13. The maximum atomic E-state index is 12.3. The first kappa shape index (κ1) is 12.8. The zero-order valence-electron chi connectivity index (χ0n) is 8.38. The molecule has 0 aliphatic rings. The van der Waals surface area contributed by atoms with Gasteiger partial charge in [0.05, 0.1) is 11.6 Å². The van der Waals surface area contributed by atoms with E-state index < -0.39 is 29.8 Å². The van der Waals surface area contributed by atoms with Crippen molar-refractivity contribution < 1.29 is 23.1 Å². The molecule has 17 heavy (non-hydrogen) atoms. The van der Waals surface area contributed by atoms with Crippen LogP contribution in [0.2, 0.25) is 0 Å². The first-order valence-electron chi connectivity index (χ1n) is 4.41. The fourth-order valence-corrected chi connectivity index (χ4v) is 1.13. The molecule has 0 heterocycles. The number of phenols is 1. The highest BCUT2D eigenvalue weighted by atomic mass is 19.4. The van der Waals surface area contributed by atoms with Gasteiger partial charge in [-0.15, -0.1) is 0 Å². The average Bonchev–Trinajstić information content (AvgIpc) is 2.15. The molecule has 7 heteroatoms. The summed E-state index contributed by atoms with van der Waals surface area (Å²) in [5, 5.41) is 19.5. The van der Waals surface area contributed by atoms with E-state index in [2.05, 4.69) is 5.32 Å². The van der Waals surface area contributed by atoms with Gasteiger partial charge in [0, 0.05) is 11.8 Å². The van der Waals surface area contributed by atoms with Crippen LogP contribution in [0.15, 0.2) is 18.2 Å². The van der Waals surface area contributed by atoms with Crippen LogP contribution in [0, 0.1) is 11.3 Å². The smallest absolute Gasteiger partial charge is 0.419 e. The Morgan fingerprint density at radius 1 is 1.47 bits per heavy atom. The number of nitrogens with zero attached hydrogens (tertiary/aromatic N) is 1. The maximum absolute atomic E-state index is 12.3. The largest absolute Gasteiger partial charge is 0.507 e. The van der Waals surface area contributed by atoms with Gasteiger partial charge in [-0.25, -0.2) is 0 Å². The molecule has 0 radical (unpaired) electrons. The van der Waals surface area contributed by atoms with E-state index in [0.29, 0.717) is 6.07 Å². The molecule has 0 saturated carbocycles. The monoisotopic (exact) mass is 244 g/mol. The van der Waals surface area contributed by atoms with E-state index in [9.17, 15) is 18.0 Å². The molecule has 0 bridgehead atoms. The number of rotatable bonds is 2. The van der Waals surface area contributed by atoms with E-state index in [-0.39, 0.29) is 5.69 Å². The Labute approximate surface area is 94.3 Å². The van der Waals surface area contributed by atoms with Gasteiger partial charge in [0.15, 0.2) is 0 Å². The third-order valence-electron chi connectivity index (χ3n) is 1.83. The lowest BCUT2D eigenvalue weighted by molar-refractivity contribution is -0.138. The summed E-state index contributed by atoms with van der Waals surface area (Å²) in [7, 11) is 0. The minimum atomic E-state index is -4.65. The quantitative estimate of drug-likeness (QED) is 0.838. The summed E-state index contributed by atoms with van der Waals surface area (Å²) in [5.41, 5.74) is -1.19. The molecule has 90 valence electrons. The Bertz CT molecular complexity index is 477. The molecular weight excluding hydrogens is 237 g/mol. The van der Waals surface area contributed by atoms with Crippen molar-refractivity contribution in [2.45, 2.75) is 12.6 Å². The van der Waals surface area contributed by atoms with Crippen molar-refractivity contribution in [3.8, 4) is 11.8 Å². The first-order valence-corrected chi connectivity index (χ1v) is 4.41. The molecule has 2 N–H and O–H groups in total. The van der Waals surface area contributed by atoms with Crippen molar-refractivity contribution >= 4 is 11.6 Å². The molecule has 0 aliphatic heterocycles. The predicted octanol–water partition coefficient (Wildman–Crippen LogP) is 2.26. The lowest BCUT2D eigenvalue weighted by atomic mass is 10.1. The summed E-state index contributed by atoms with van der Waals surface area (Å²) < 4.78 is 36.8.